The number of morpholine rings is 1. The summed E-state index contributed by atoms with van der Waals surface area (Å²) in [5, 5.41) is 0. The van der Waals surface area contributed by atoms with Gasteiger partial charge in [0.2, 0.25) is 0 Å². The maximum absolute atomic E-state index is 12.7. The SMILES string of the molecule is CC1CN(CC2=[N+](CC(N)=O)C3C(=O)N(C)C(=O)N(C)C3=N2)CC(C)O1. The fourth-order valence-corrected chi connectivity index (χ4v) is 3.74. The number of urea groups is 1. The van der Waals surface area contributed by atoms with E-state index in [0.717, 1.165) is 18.0 Å². The summed E-state index contributed by atoms with van der Waals surface area (Å²) in [5.41, 5.74) is 5.39. The predicted octanol–water partition coefficient (Wildman–Crippen LogP) is -1.70. The Hall–Kier alpha value is -2.33. The molecule has 0 bridgehead atoms. The Morgan fingerprint density at radius 1 is 1.23 bits per heavy atom. The van der Waals surface area contributed by atoms with Gasteiger partial charge in [-0.15, -0.1) is 0 Å². The van der Waals surface area contributed by atoms with Crippen LogP contribution in [0.3, 0.4) is 0 Å². The van der Waals surface area contributed by atoms with E-state index in [1.807, 2.05) is 13.8 Å². The van der Waals surface area contributed by atoms with Crippen LogP contribution in [0.4, 0.5) is 4.79 Å². The number of carbonyl (C=O) groups excluding carboxylic acids is 3. The van der Waals surface area contributed by atoms with E-state index in [4.69, 9.17) is 10.5 Å². The van der Waals surface area contributed by atoms with E-state index in [-0.39, 0.29) is 18.8 Å². The normalized spacial score (nSPS) is 30.0. The number of hydrogen-bond acceptors (Lipinski definition) is 6. The largest absolute Gasteiger partial charge is 0.373 e. The van der Waals surface area contributed by atoms with E-state index in [2.05, 4.69) is 9.89 Å². The molecule has 0 aromatic carbocycles. The van der Waals surface area contributed by atoms with Crippen LogP contribution in [0.15, 0.2) is 4.99 Å². The number of primary amides is 1. The molecule has 10 nitrogen and oxygen atoms in total. The average molecular weight is 365 g/mol. The summed E-state index contributed by atoms with van der Waals surface area (Å²) in [6.45, 7) is 5.75. The van der Waals surface area contributed by atoms with E-state index >= 15 is 0 Å². The second-order valence-electron chi connectivity index (χ2n) is 7.07. The molecule has 3 unspecified atom stereocenters. The van der Waals surface area contributed by atoms with Crippen molar-refractivity contribution < 1.29 is 23.7 Å². The van der Waals surface area contributed by atoms with Gasteiger partial charge in [0.25, 0.3) is 23.7 Å². The minimum Gasteiger partial charge on any atom is -0.373 e. The Kier molecular flexibility index (Phi) is 4.80. The van der Waals surface area contributed by atoms with Crippen LogP contribution < -0.4 is 5.73 Å². The first-order valence-corrected chi connectivity index (χ1v) is 8.61. The number of aliphatic imine (C=N–C) groups is 1. The first-order valence-electron chi connectivity index (χ1n) is 8.61. The summed E-state index contributed by atoms with van der Waals surface area (Å²) in [7, 11) is 2.99. The summed E-state index contributed by atoms with van der Waals surface area (Å²) in [6.07, 6.45) is 0.162. The molecule has 3 aliphatic rings. The number of ether oxygens (including phenoxy) is 1. The molecular formula is C16H25N6O4+. The topological polar surface area (TPSA) is 112 Å². The second kappa shape index (κ2) is 6.76. The molecule has 4 amide bonds. The Morgan fingerprint density at radius 2 is 1.85 bits per heavy atom. The minimum absolute atomic E-state index is 0.0808. The highest BCUT2D eigenvalue weighted by atomic mass is 16.5. The third-order valence-electron chi connectivity index (χ3n) is 4.80. The summed E-state index contributed by atoms with van der Waals surface area (Å²) < 4.78 is 7.34. The number of nitrogens with zero attached hydrogens (tertiary/aromatic N) is 5. The first-order chi connectivity index (χ1) is 12.2. The molecule has 3 atom stereocenters. The van der Waals surface area contributed by atoms with Crippen LogP contribution in [0.5, 0.6) is 0 Å². The number of carbonyl (C=O) groups is 3. The lowest BCUT2D eigenvalue weighted by molar-refractivity contribution is -0.525. The monoisotopic (exact) mass is 365 g/mol. The maximum Gasteiger partial charge on any atom is 0.333 e. The molecule has 3 rings (SSSR count). The zero-order chi connectivity index (χ0) is 19.2. The molecule has 2 N–H and O–H groups in total. The third-order valence-corrected chi connectivity index (χ3v) is 4.80. The van der Waals surface area contributed by atoms with E-state index < -0.39 is 23.9 Å². The van der Waals surface area contributed by atoms with E-state index in [9.17, 15) is 14.4 Å². The molecule has 2 saturated heterocycles. The van der Waals surface area contributed by atoms with Crippen molar-refractivity contribution in [2.24, 2.45) is 10.7 Å². The van der Waals surface area contributed by atoms with Crippen molar-refractivity contribution in [2.45, 2.75) is 32.1 Å². The van der Waals surface area contributed by atoms with Crippen LogP contribution in [0.1, 0.15) is 13.8 Å². The van der Waals surface area contributed by atoms with Crippen LogP contribution in [0, 0.1) is 0 Å². The summed E-state index contributed by atoms with van der Waals surface area (Å²) in [4.78, 5) is 45.5. The zero-order valence-corrected chi connectivity index (χ0v) is 15.5. The van der Waals surface area contributed by atoms with Gasteiger partial charge in [-0.25, -0.2) is 9.37 Å². The van der Waals surface area contributed by atoms with E-state index in [1.54, 1.807) is 11.6 Å². The number of hydrogen-bond donors (Lipinski definition) is 1. The van der Waals surface area contributed by atoms with Gasteiger partial charge in [0, 0.05) is 27.2 Å². The molecule has 0 aromatic rings. The van der Waals surface area contributed by atoms with Crippen LogP contribution >= 0.6 is 0 Å². The summed E-state index contributed by atoms with van der Waals surface area (Å²) in [6, 6.07) is -1.25. The number of rotatable bonds is 4. The number of fused-ring (bicyclic) bond motifs is 1. The molecule has 0 aromatic heterocycles. The molecule has 26 heavy (non-hydrogen) atoms. The highest BCUT2D eigenvalue weighted by Crippen LogP contribution is 2.20. The minimum atomic E-state index is -0.805. The van der Waals surface area contributed by atoms with Gasteiger partial charge in [0.1, 0.15) is 6.54 Å². The van der Waals surface area contributed by atoms with Crippen molar-refractivity contribution in [2.75, 3.05) is 40.3 Å². The zero-order valence-electron chi connectivity index (χ0n) is 15.5. The van der Waals surface area contributed by atoms with Crippen LogP contribution in [0.2, 0.25) is 0 Å². The average Bonchev–Trinajstić information content (AvgIpc) is 2.88. The number of amides is 4. The molecule has 3 aliphatic heterocycles. The molecule has 0 radical (unpaired) electrons. The van der Waals surface area contributed by atoms with Crippen LogP contribution in [-0.4, -0.2) is 107 Å². The summed E-state index contributed by atoms with van der Waals surface area (Å²) >= 11 is 0. The molecule has 142 valence electrons. The number of nitrogens with two attached hydrogens (primary N) is 1. The first kappa shape index (κ1) is 18.5. The van der Waals surface area contributed by atoms with Crippen molar-refractivity contribution in [3.05, 3.63) is 0 Å². The second-order valence-corrected chi connectivity index (χ2v) is 7.07. The standard InChI is InChI=1S/C16H24N6O4/c1-9-5-21(6-10(2)26-9)8-12-18-14-13(22(12)7-11(17)23)15(24)20(4)16(25)19(14)3/h9-10,13H,5-8H2,1-4H3,(H-,17,23)/p+1. The van der Waals surface area contributed by atoms with E-state index in [0.29, 0.717) is 18.2 Å². The Morgan fingerprint density at radius 3 is 2.42 bits per heavy atom. The van der Waals surface area contributed by atoms with Crippen molar-refractivity contribution in [1.29, 1.82) is 0 Å². The fraction of sp³-hybridized carbons (Fsp3) is 0.688. The molecule has 0 saturated carbocycles. The highest BCUT2D eigenvalue weighted by Gasteiger charge is 2.53. The van der Waals surface area contributed by atoms with Gasteiger partial charge in [0.15, 0.2) is 6.54 Å². The van der Waals surface area contributed by atoms with E-state index in [1.165, 1.54) is 11.9 Å². The lowest BCUT2D eigenvalue weighted by Gasteiger charge is -2.34. The van der Waals surface area contributed by atoms with Gasteiger partial charge in [-0.2, -0.15) is 0 Å². The molecule has 0 aliphatic carbocycles. The van der Waals surface area contributed by atoms with Gasteiger partial charge in [-0.1, -0.05) is 0 Å². The summed E-state index contributed by atoms with van der Waals surface area (Å²) in [5.74, 6) is -0.0680. The lowest BCUT2D eigenvalue weighted by atomic mass is 10.1. The van der Waals surface area contributed by atoms with Gasteiger partial charge in [-0.3, -0.25) is 24.3 Å². The van der Waals surface area contributed by atoms with Gasteiger partial charge in [-0.05, 0) is 18.8 Å². The maximum atomic E-state index is 12.7. The number of imide groups is 1. The van der Waals surface area contributed by atoms with Crippen molar-refractivity contribution in [3.63, 3.8) is 0 Å². The highest BCUT2D eigenvalue weighted by molar-refractivity contribution is 6.23. The lowest BCUT2D eigenvalue weighted by Crippen LogP contribution is -2.62. The number of likely N-dealkylation sites (N-methyl/N-ethyl adjacent to an activating group) is 2. The quantitative estimate of drug-likeness (QED) is 0.597. The molecular weight excluding hydrogens is 340 g/mol. The van der Waals surface area contributed by atoms with Crippen molar-refractivity contribution >= 4 is 29.5 Å². The fourth-order valence-electron chi connectivity index (χ4n) is 3.74. The Labute approximate surface area is 151 Å². The third kappa shape index (κ3) is 3.21. The van der Waals surface area contributed by atoms with Gasteiger partial charge < -0.3 is 10.5 Å². The molecule has 2 fully saturated rings. The smallest absolute Gasteiger partial charge is 0.333 e. The predicted molar refractivity (Wildman–Crippen MR) is 92.9 cm³/mol. The van der Waals surface area contributed by atoms with Crippen LogP contribution in [-0.2, 0) is 14.3 Å². The van der Waals surface area contributed by atoms with Crippen molar-refractivity contribution in [1.82, 2.24) is 14.7 Å². The van der Waals surface area contributed by atoms with Crippen molar-refractivity contribution in [3.8, 4) is 0 Å². The van der Waals surface area contributed by atoms with Crippen LogP contribution in [0.25, 0.3) is 0 Å². The Balaban J connectivity index is 1.93. The van der Waals surface area contributed by atoms with Gasteiger partial charge >= 0.3 is 11.9 Å². The molecule has 3 heterocycles. The van der Waals surface area contributed by atoms with Gasteiger partial charge in [0.05, 0.1) is 12.2 Å². The molecule has 0 spiro atoms. The number of amidine groups is 2. The Bertz CT molecular complexity index is 708. The molecule has 10 heteroatoms.